The van der Waals surface area contributed by atoms with E-state index in [0.717, 1.165) is 11.1 Å². The van der Waals surface area contributed by atoms with Crippen LogP contribution in [0.1, 0.15) is 21.7 Å². The Morgan fingerprint density at radius 1 is 0.788 bits per heavy atom. The minimum Gasteiger partial charge on any atom is -0.459 e. The van der Waals surface area contributed by atoms with Crippen molar-refractivity contribution in [2.45, 2.75) is 13.0 Å². The van der Waals surface area contributed by atoms with Crippen molar-refractivity contribution in [3.05, 3.63) is 120 Å². The lowest BCUT2D eigenvalue weighted by Gasteiger charge is -2.22. The molecular weight excluding hydrogens is 426 g/mol. The van der Waals surface area contributed by atoms with Crippen LogP contribution in [0.4, 0.5) is 20.2 Å². The standard InChI is InChI=1S/C26H20F2N2O3/c27-20-7-3-19(4-8-20)17-30(26(32)24-2-1-15-33-24)23-13-5-18(6-14-23)16-25(31)29-22-11-9-21(28)10-12-22/h1-15H,16-17H2,(H,29,31). The maximum absolute atomic E-state index is 13.3. The number of halogens is 2. The van der Waals surface area contributed by atoms with E-state index in [1.165, 1.54) is 47.6 Å². The SMILES string of the molecule is O=C(Cc1ccc(N(Cc2ccc(F)cc2)C(=O)c2ccco2)cc1)Nc1ccc(F)cc1. The number of furan rings is 1. The molecule has 33 heavy (non-hydrogen) atoms. The molecule has 166 valence electrons. The number of benzene rings is 3. The lowest BCUT2D eigenvalue weighted by atomic mass is 10.1. The highest BCUT2D eigenvalue weighted by Gasteiger charge is 2.20. The van der Waals surface area contributed by atoms with Crippen molar-refractivity contribution < 1.29 is 22.8 Å². The summed E-state index contributed by atoms with van der Waals surface area (Å²) in [6.07, 6.45) is 1.54. The van der Waals surface area contributed by atoms with E-state index in [9.17, 15) is 18.4 Å². The van der Waals surface area contributed by atoms with Gasteiger partial charge in [0.2, 0.25) is 5.91 Å². The predicted molar refractivity (Wildman–Crippen MR) is 121 cm³/mol. The lowest BCUT2D eigenvalue weighted by Crippen LogP contribution is -2.30. The first-order valence-electron chi connectivity index (χ1n) is 10.2. The van der Waals surface area contributed by atoms with Crippen molar-refractivity contribution in [1.82, 2.24) is 0 Å². The number of amides is 2. The van der Waals surface area contributed by atoms with Crippen LogP contribution in [0.2, 0.25) is 0 Å². The quantitative estimate of drug-likeness (QED) is 0.403. The molecule has 0 radical (unpaired) electrons. The summed E-state index contributed by atoms with van der Waals surface area (Å²) in [6.45, 7) is 0.213. The van der Waals surface area contributed by atoms with E-state index in [0.29, 0.717) is 11.4 Å². The summed E-state index contributed by atoms with van der Waals surface area (Å²) < 4.78 is 31.6. The van der Waals surface area contributed by atoms with Gasteiger partial charge >= 0.3 is 0 Å². The summed E-state index contributed by atoms with van der Waals surface area (Å²) in [7, 11) is 0. The molecule has 0 bridgehead atoms. The number of hydrogen-bond donors (Lipinski definition) is 1. The first kappa shape index (κ1) is 22.0. The number of carbonyl (C=O) groups is 2. The molecule has 0 unspecified atom stereocenters. The van der Waals surface area contributed by atoms with Crippen LogP contribution in [0.25, 0.3) is 0 Å². The molecule has 3 aromatic carbocycles. The van der Waals surface area contributed by atoms with E-state index in [1.54, 1.807) is 48.5 Å². The van der Waals surface area contributed by atoms with Gasteiger partial charge in [0.15, 0.2) is 5.76 Å². The second-order valence-electron chi connectivity index (χ2n) is 7.39. The average Bonchev–Trinajstić information content (AvgIpc) is 3.36. The van der Waals surface area contributed by atoms with E-state index < -0.39 is 0 Å². The second-order valence-corrected chi connectivity index (χ2v) is 7.39. The van der Waals surface area contributed by atoms with E-state index in [-0.39, 0.29) is 42.2 Å². The summed E-state index contributed by atoms with van der Waals surface area (Å²) in [5.74, 6) is -1.14. The molecule has 0 saturated heterocycles. The molecule has 0 atom stereocenters. The summed E-state index contributed by atoms with van der Waals surface area (Å²) >= 11 is 0. The summed E-state index contributed by atoms with van der Waals surface area (Å²) in [6, 6.07) is 21.6. The fourth-order valence-electron chi connectivity index (χ4n) is 3.30. The molecule has 0 spiro atoms. The summed E-state index contributed by atoms with van der Waals surface area (Å²) in [5.41, 5.74) is 2.60. The Hall–Kier alpha value is -4.26. The smallest absolute Gasteiger partial charge is 0.294 e. The predicted octanol–water partition coefficient (Wildman–Crippen LogP) is 5.59. The number of hydrogen-bond acceptors (Lipinski definition) is 3. The van der Waals surface area contributed by atoms with Crippen molar-refractivity contribution in [3.8, 4) is 0 Å². The molecule has 1 N–H and O–H groups in total. The monoisotopic (exact) mass is 446 g/mol. The first-order chi connectivity index (χ1) is 16.0. The number of carbonyl (C=O) groups excluding carboxylic acids is 2. The molecule has 0 aliphatic carbocycles. The Balaban J connectivity index is 1.49. The minimum absolute atomic E-state index is 0.113. The van der Waals surface area contributed by atoms with Crippen LogP contribution in [-0.4, -0.2) is 11.8 Å². The van der Waals surface area contributed by atoms with Gasteiger partial charge in [-0.3, -0.25) is 9.59 Å². The Morgan fingerprint density at radius 2 is 1.39 bits per heavy atom. The molecule has 4 aromatic rings. The van der Waals surface area contributed by atoms with Crippen LogP contribution in [0.3, 0.4) is 0 Å². The topological polar surface area (TPSA) is 62.6 Å². The Labute approximate surface area is 189 Å². The Morgan fingerprint density at radius 3 is 2.00 bits per heavy atom. The highest BCUT2D eigenvalue weighted by molar-refractivity contribution is 6.04. The molecule has 1 aromatic heterocycles. The Kier molecular flexibility index (Phi) is 6.59. The molecule has 0 saturated carbocycles. The van der Waals surface area contributed by atoms with Gasteiger partial charge in [0.1, 0.15) is 11.6 Å². The zero-order chi connectivity index (χ0) is 23.2. The normalized spacial score (nSPS) is 10.6. The molecular formula is C26H20F2N2O3. The van der Waals surface area contributed by atoms with Gasteiger partial charge in [-0.05, 0) is 71.8 Å². The molecule has 4 rings (SSSR count). The zero-order valence-corrected chi connectivity index (χ0v) is 17.5. The lowest BCUT2D eigenvalue weighted by molar-refractivity contribution is -0.115. The van der Waals surface area contributed by atoms with E-state index in [2.05, 4.69) is 5.32 Å². The van der Waals surface area contributed by atoms with Crippen molar-refractivity contribution >= 4 is 23.2 Å². The fraction of sp³-hybridized carbons (Fsp3) is 0.0769. The summed E-state index contributed by atoms with van der Waals surface area (Å²) in [4.78, 5) is 26.9. The number of nitrogens with one attached hydrogen (secondary N) is 1. The van der Waals surface area contributed by atoms with Gasteiger partial charge in [-0.15, -0.1) is 0 Å². The van der Waals surface area contributed by atoms with Crippen LogP contribution in [0, 0.1) is 11.6 Å². The molecule has 0 aliphatic rings. The largest absolute Gasteiger partial charge is 0.459 e. The molecule has 1 heterocycles. The van der Waals surface area contributed by atoms with Crippen LogP contribution in [0.15, 0.2) is 95.6 Å². The molecule has 2 amide bonds. The second kappa shape index (κ2) is 9.91. The van der Waals surface area contributed by atoms with Gasteiger partial charge < -0.3 is 14.6 Å². The van der Waals surface area contributed by atoms with Crippen LogP contribution in [-0.2, 0) is 17.8 Å². The third-order valence-corrected chi connectivity index (χ3v) is 4.97. The van der Waals surface area contributed by atoms with E-state index in [4.69, 9.17) is 4.42 Å². The molecule has 7 heteroatoms. The zero-order valence-electron chi connectivity index (χ0n) is 17.5. The van der Waals surface area contributed by atoms with Gasteiger partial charge in [0.25, 0.3) is 5.91 Å². The van der Waals surface area contributed by atoms with E-state index >= 15 is 0 Å². The van der Waals surface area contributed by atoms with Gasteiger partial charge in [-0.2, -0.15) is 0 Å². The average molecular weight is 446 g/mol. The summed E-state index contributed by atoms with van der Waals surface area (Å²) in [5, 5.41) is 2.72. The maximum Gasteiger partial charge on any atom is 0.294 e. The van der Waals surface area contributed by atoms with Gasteiger partial charge in [-0.1, -0.05) is 24.3 Å². The van der Waals surface area contributed by atoms with Crippen LogP contribution >= 0.6 is 0 Å². The van der Waals surface area contributed by atoms with Crippen molar-refractivity contribution in [2.24, 2.45) is 0 Å². The first-order valence-corrected chi connectivity index (χ1v) is 10.2. The number of rotatable bonds is 7. The van der Waals surface area contributed by atoms with Gasteiger partial charge in [0, 0.05) is 11.4 Å². The third-order valence-electron chi connectivity index (χ3n) is 4.97. The maximum atomic E-state index is 13.3. The highest BCUT2D eigenvalue weighted by atomic mass is 19.1. The van der Waals surface area contributed by atoms with Crippen molar-refractivity contribution in [3.63, 3.8) is 0 Å². The minimum atomic E-state index is -0.377. The molecule has 0 fully saturated rings. The number of anilines is 2. The number of nitrogens with zero attached hydrogens (tertiary/aromatic N) is 1. The highest BCUT2D eigenvalue weighted by Crippen LogP contribution is 2.22. The third kappa shape index (κ3) is 5.71. The van der Waals surface area contributed by atoms with Gasteiger partial charge in [0.05, 0.1) is 19.2 Å². The van der Waals surface area contributed by atoms with Crippen molar-refractivity contribution in [2.75, 3.05) is 10.2 Å². The fourth-order valence-corrected chi connectivity index (χ4v) is 3.30. The molecule has 5 nitrogen and oxygen atoms in total. The van der Waals surface area contributed by atoms with E-state index in [1.807, 2.05) is 0 Å². The Bertz CT molecular complexity index is 1220. The van der Waals surface area contributed by atoms with Crippen LogP contribution < -0.4 is 10.2 Å². The van der Waals surface area contributed by atoms with Crippen LogP contribution in [0.5, 0.6) is 0 Å². The molecule has 0 aliphatic heterocycles. The van der Waals surface area contributed by atoms with Gasteiger partial charge in [-0.25, -0.2) is 8.78 Å². The van der Waals surface area contributed by atoms with Crippen molar-refractivity contribution in [1.29, 1.82) is 0 Å².